The van der Waals surface area contributed by atoms with E-state index in [4.69, 9.17) is 0 Å². The average molecular weight is 583 g/mol. The summed E-state index contributed by atoms with van der Waals surface area (Å²) in [7, 11) is 0.0748. The van der Waals surface area contributed by atoms with Crippen LogP contribution in [0.2, 0.25) is 0 Å². The summed E-state index contributed by atoms with van der Waals surface area (Å²) < 4.78 is 29.1. The number of amides is 1. The Morgan fingerprint density at radius 2 is 1.36 bits per heavy atom. The van der Waals surface area contributed by atoms with Crippen LogP contribution in [0.1, 0.15) is 19.4 Å². The van der Waals surface area contributed by atoms with Crippen molar-refractivity contribution < 1.29 is 13.2 Å². The number of benzene rings is 5. The minimum Gasteiger partial charge on any atom is -0.377 e. The van der Waals surface area contributed by atoms with E-state index in [0.717, 1.165) is 38.2 Å². The minimum atomic E-state index is -3.79. The summed E-state index contributed by atoms with van der Waals surface area (Å²) in [6, 6.07) is 29.3. The molecule has 5 aromatic rings. The summed E-state index contributed by atoms with van der Waals surface area (Å²) in [5, 5.41) is 12.6. The van der Waals surface area contributed by atoms with Gasteiger partial charge in [-0.1, -0.05) is 86.6 Å². The van der Waals surface area contributed by atoms with E-state index >= 15 is 0 Å². The lowest BCUT2D eigenvalue weighted by molar-refractivity contribution is -0.124. The highest BCUT2D eigenvalue weighted by Crippen LogP contribution is 2.30. The summed E-state index contributed by atoms with van der Waals surface area (Å²) in [4.78, 5) is 15.4. The second-order valence-electron chi connectivity index (χ2n) is 11.1. The van der Waals surface area contributed by atoms with Gasteiger partial charge in [-0.2, -0.15) is 0 Å². The quantitative estimate of drug-likeness (QED) is 0.143. The molecule has 1 atom stereocenters. The third kappa shape index (κ3) is 6.11. The number of hydrogen-bond donors (Lipinski definition) is 3. The first-order chi connectivity index (χ1) is 20.2. The van der Waals surface area contributed by atoms with E-state index in [9.17, 15) is 13.2 Å². The number of sulfonamides is 1. The van der Waals surface area contributed by atoms with Crippen LogP contribution >= 0.6 is 0 Å². The Morgan fingerprint density at radius 3 is 2.00 bits per heavy atom. The minimum absolute atomic E-state index is 0.0320. The fraction of sp³-hybridized carbons (Fsp3) is 0.265. The largest absolute Gasteiger partial charge is 0.377 e. The van der Waals surface area contributed by atoms with E-state index in [-0.39, 0.29) is 29.8 Å². The van der Waals surface area contributed by atoms with Gasteiger partial charge in [0, 0.05) is 50.2 Å². The zero-order chi connectivity index (χ0) is 29.9. The molecule has 5 rings (SSSR count). The maximum absolute atomic E-state index is 13.2. The molecule has 5 aromatic carbocycles. The van der Waals surface area contributed by atoms with Crippen molar-refractivity contribution in [1.29, 1.82) is 0 Å². The molecule has 218 valence electrons. The van der Waals surface area contributed by atoms with Gasteiger partial charge in [0.25, 0.3) is 0 Å². The first-order valence-electron chi connectivity index (χ1n) is 14.3. The van der Waals surface area contributed by atoms with Crippen molar-refractivity contribution in [3.8, 4) is 0 Å². The second kappa shape index (κ2) is 12.5. The van der Waals surface area contributed by atoms with E-state index < -0.39 is 16.1 Å². The van der Waals surface area contributed by atoms with Gasteiger partial charge >= 0.3 is 0 Å². The highest BCUT2D eigenvalue weighted by Gasteiger charge is 2.23. The number of nitrogens with one attached hydrogen (secondary N) is 3. The summed E-state index contributed by atoms with van der Waals surface area (Å²) in [6.07, 6.45) is 0. The van der Waals surface area contributed by atoms with Crippen LogP contribution in [0.25, 0.3) is 32.3 Å². The Morgan fingerprint density at radius 1 is 0.762 bits per heavy atom. The molecule has 3 N–H and O–H groups in total. The van der Waals surface area contributed by atoms with Crippen molar-refractivity contribution in [2.24, 2.45) is 5.92 Å². The molecule has 42 heavy (non-hydrogen) atoms. The van der Waals surface area contributed by atoms with Crippen molar-refractivity contribution in [2.45, 2.75) is 31.3 Å². The Hall–Kier alpha value is -3.98. The molecule has 0 aliphatic heterocycles. The van der Waals surface area contributed by atoms with Gasteiger partial charge in [0.05, 0.1) is 10.9 Å². The van der Waals surface area contributed by atoms with Gasteiger partial charge in [0.2, 0.25) is 15.9 Å². The van der Waals surface area contributed by atoms with Crippen LogP contribution in [0, 0.1) is 5.92 Å². The zero-order valence-electron chi connectivity index (χ0n) is 24.5. The van der Waals surface area contributed by atoms with Gasteiger partial charge in [0.15, 0.2) is 0 Å². The normalized spacial score (nSPS) is 12.7. The number of anilines is 1. The van der Waals surface area contributed by atoms with Crippen LogP contribution in [-0.4, -0.2) is 47.6 Å². The molecular formula is C34H38N4O3S. The molecule has 0 spiro atoms. The van der Waals surface area contributed by atoms with Crippen LogP contribution in [0.5, 0.6) is 0 Å². The molecule has 0 unspecified atom stereocenters. The molecule has 0 bridgehead atoms. The van der Waals surface area contributed by atoms with Crippen molar-refractivity contribution in [3.05, 3.63) is 96.6 Å². The molecule has 0 radical (unpaired) electrons. The second-order valence-corrected chi connectivity index (χ2v) is 12.8. The fourth-order valence-corrected chi connectivity index (χ4v) is 6.84. The maximum Gasteiger partial charge on any atom is 0.241 e. The van der Waals surface area contributed by atoms with Crippen molar-refractivity contribution >= 4 is 53.9 Å². The molecule has 8 heteroatoms. The lowest BCUT2D eigenvalue weighted by atomic mass is 9.96. The summed E-state index contributed by atoms with van der Waals surface area (Å²) >= 11 is 0. The van der Waals surface area contributed by atoms with Crippen molar-refractivity contribution in [1.82, 2.24) is 15.4 Å². The molecule has 1 amide bonds. The van der Waals surface area contributed by atoms with Crippen LogP contribution in [0.4, 0.5) is 5.69 Å². The number of carbonyl (C=O) groups excluding carboxylic acids is 1. The summed E-state index contributed by atoms with van der Waals surface area (Å²) in [6.45, 7) is 4.79. The highest BCUT2D eigenvalue weighted by atomic mass is 32.2. The monoisotopic (exact) mass is 582 g/mol. The SMILES string of the molecule is CC(C)[C@H](NCc1c2ccccc2cc2ccccc12)C(=O)NCCNS(=O)(=O)c1cccc2c(N(C)C)cccc12. The van der Waals surface area contributed by atoms with Gasteiger partial charge in [0.1, 0.15) is 0 Å². The first-order valence-corrected chi connectivity index (χ1v) is 15.7. The predicted octanol–water partition coefficient (Wildman–Crippen LogP) is 5.42. The highest BCUT2D eigenvalue weighted by molar-refractivity contribution is 7.89. The zero-order valence-corrected chi connectivity index (χ0v) is 25.3. The molecule has 0 fully saturated rings. The molecule has 7 nitrogen and oxygen atoms in total. The van der Waals surface area contributed by atoms with Gasteiger partial charge < -0.3 is 15.5 Å². The first kappa shape index (κ1) is 29.5. The smallest absolute Gasteiger partial charge is 0.241 e. The Bertz CT molecular complexity index is 1800. The van der Waals surface area contributed by atoms with Crippen LogP contribution in [0.15, 0.2) is 95.9 Å². The number of carbonyl (C=O) groups is 1. The van der Waals surface area contributed by atoms with E-state index in [1.54, 1.807) is 12.1 Å². The van der Waals surface area contributed by atoms with E-state index in [0.29, 0.717) is 11.9 Å². The lowest BCUT2D eigenvalue weighted by Crippen LogP contribution is -2.48. The molecule has 0 saturated heterocycles. The van der Waals surface area contributed by atoms with Gasteiger partial charge in [-0.05, 0) is 51.2 Å². The van der Waals surface area contributed by atoms with Gasteiger partial charge in [-0.25, -0.2) is 13.1 Å². The topological polar surface area (TPSA) is 90.5 Å². The number of fused-ring (bicyclic) bond motifs is 3. The number of rotatable bonds is 11. The Balaban J connectivity index is 1.25. The fourth-order valence-electron chi connectivity index (χ4n) is 5.59. The molecule has 0 heterocycles. The summed E-state index contributed by atoms with van der Waals surface area (Å²) in [5.41, 5.74) is 2.10. The van der Waals surface area contributed by atoms with Crippen molar-refractivity contribution in [3.63, 3.8) is 0 Å². The van der Waals surface area contributed by atoms with E-state index in [2.05, 4.69) is 45.7 Å². The summed E-state index contributed by atoms with van der Waals surface area (Å²) in [5.74, 6) is -0.126. The standard InChI is InChI=1S/C34H38N4O3S/c1-23(2)33(36-22-30-26-13-7-5-11-24(26)21-25-12-6-8-14-27(25)30)34(39)35-19-20-37-42(40,41)32-18-10-15-28-29(32)16-9-17-31(28)38(3)4/h5-18,21,23,33,36-37H,19-20,22H2,1-4H3,(H,35,39)/t33-/m0/s1. The third-order valence-electron chi connectivity index (χ3n) is 7.68. The molecular weight excluding hydrogens is 544 g/mol. The van der Waals surface area contributed by atoms with Crippen LogP contribution in [0.3, 0.4) is 0 Å². The van der Waals surface area contributed by atoms with E-state index in [1.165, 1.54) is 0 Å². The Labute approximate surface area is 248 Å². The molecule has 0 aromatic heterocycles. The van der Waals surface area contributed by atoms with Crippen LogP contribution < -0.4 is 20.3 Å². The van der Waals surface area contributed by atoms with Gasteiger partial charge in [-0.15, -0.1) is 0 Å². The van der Waals surface area contributed by atoms with E-state index in [1.807, 2.05) is 81.4 Å². The molecule has 0 aliphatic rings. The maximum atomic E-state index is 13.2. The molecule has 0 aliphatic carbocycles. The third-order valence-corrected chi connectivity index (χ3v) is 9.20. The molecule has 0 saturated carbocycles. The van der Waals surface area contributed by atoms with Gasteiger partial charge in [-0.3, -0.25) is 4.79 Å². The Kier molecular flexibility index (Phi) is 8.77. The number of hydrogen-bond acceptors (Lipinski definition) is 5. The van der Waals surface area contributed by atoms with Crippen LogP contribution in [-0.2, 0) is 21.4 Å². The van der Waals surface area contributed by atoms with Crippen molar-refractivity contribution in [2.75, 3.05) is 32.1 Å². The average Bonchev–Trinajstić information content (AvgIpc) is 2.98. The lowest BCUT2D eigenvalue weighted by Gasteiger charge is -2.23. The predicted molar refractivity (Wildman–Crippen MR) is 173 cm³/mol. The number of nitrogens with zero attached hydrogens (tertiary/aromatic N) is 1.